The van der Waals surface area contributed by atoms with Crippen LogP contribution in [-0.2, 0) is 20.7 Å². The van der Waals surface area contributed by atoms with Gasteiger partial charge in [-0.25, -0.2) is 4.79 Å². The van der Waals surface area contributed by atoms with Gasteiger partial charge in [-0.3, -0.25) is 9.59 Å². The number of hydrogen-bond donors (Lipinski definition) is 4. The van der Waals surface area contributed by atoms with E-state index in [4.69, 9.17) is 9.84 Å². The summed E-state index contributed by atoms with van der Waals surface area (Å²) < 4.78 is 5.31. The first-order chi connectivity index (χ1) is 13.3. The summed E-state index contributed by atoms with van der Waals surface area (Å²) in [6.45, 7) is 8.31. The fourth-order valence-electron chi connectivity index (χ4n) is 2.83. The van der Waals surface area contributed by atoms with Crippen molar-refractivity contribution in [3.63, 3.8) is 0 Å². The number of nitrogens with one attached hydrogen (secondary N) is 2. The molecule has 3 atom stereocenters. The van der Waals surface area contributed by atoms with E-state index in [1.807, 2.05) is 30.3 Å². The molecule has 8 heteroatoms. The predicted molar refractivity (Wildman–Crippen MR) is 109 cm³/mol. The first-order valence-electron chi connectivity index (χ1n) is 9.57. The second kappa shape index (κ2) is 10.2. The molecule has 1 rings (SSSR count). The molecule has 0 aliphatic carbocycles. The Morgan fingerprint density at radius 1 is 1.07 bits per heavy atom. The fourth-order valence-corrected chi connectivity index (χ4v) is 2.83. The fraction of sp³-hybridized carbons (Fsp3) is 0.571. The van der Waals surface area contributed by atoms with Crippen molar-refractivity contribution in [2.45, 2.75) is 64.6 Å². The zero-order valence-electron chi connectivity index (χ0n) is 17.7. The molecule has 1 aromatic carbocycles. The zero-order valence-corrected chi connectivity index (χ0v) is 17.7. The van der Waals surface area contributed by atoms with Gasteiger partial charge in [-0.15, -0.1) is 0 Å². The van der Waals surface area contributed by atoms with Gasteiger partial charge in [0.15, 0.2) is 0 Å². The molecule has 0 radical (unpaired) electrons. The van der Waals surface area contributed by atoms with Crippen LogP contribution >= 0.6 is 0 Å². The molecule has 1 unspecified atom stereocenters. The average Bonchev–Trinajstić information content (AvgIpc) is 2.58. The number of aliphatic carboxylic acids is 2. The third kappa shape index (κ3) is 8.95. The maximum Gasteiger partial charge on any atom is 0.407 e. The molecule has 1 amide bonds. The molecule has 0 aromatic heterocycles. The molecule has 29 heavy (non-hydrogen) atoms. The summed E-state index contributed by atoms with van der Waals surface area (Å²) in [6, 6.07) is 9.00. The van der Waals surface area contributed by atoms with E-state index in [1.54, 1.807) is 20.8 Å². The Balaban J connectivity index is 2.92. The molecule has 0 heterocycles. The zero-order chi connectivity index (χ0) is 22.2. The summed E-state index contributed by atoms with van der Waals surface area (Å²) in [7, 11) is 0. The summed E-state index contributed by atoms with van der Waals surface area (Å²) >= 11 is 0. The molecule has 162 valence electrons. The number of carboxylic acid groups (broad SMARTS) is 2. The van der Waals surface area contributed by atoms with E-state index in [0.717, 1.165) is 5.56 Å². The third-order valence-electron chi connectivity index (χ3n) is 4.39. The van der Waals surface area contributed by atoms with Gasteiger partial charge in [-0.1, -0.05) is 37.3 Å². The third-order valence-corrected chi connectivity index (χ3v) is 4.39. The molecular formula is C21H32N2O6. The van der Waals surface area contributed by atoms with Crippen LogP contribution in [0.15, 0.2) is 30.3 Å². The normalized spacial score (nSPS) is 15.6. The Morgan fingerprint density at radius 3 is 2.14 bits per heavy atom. The Hall–Kier alpha value is -2.61. The van der Waals surface area contributed by atoms with Gasteiger partial charge >= 0.3 is 18.0 Å². The minimum atomic E-state index is -1.46. The van der Waals surface area contributed by atoms with Crippen molar-refractivity contribution in [3.05, 3.63) is 35.9 Å². The van der Waals surface area contributed by atoms with Gasteiger partial charge in [-0.2, -0.15) is 0 Å². The quantitative estimate of drug-likeness (QED) is 0.469. The second-order valence-electron chi connectivity index (χ2n) is 8.49. The highest BCUT2D eigenvalue weighted by atomic mass is 16.6. The topological polar surface area (TPSA) is 125 Å². The molecule has 0 saturated heterocycles. The summed E-state index contributed by atoms with van der Waals surface area (Å²) in [6.07, 6.45) is -0.240. The monoisotopic (exact) mass is 408 g/mol. The highest BCUT2D eigenvalue weighted by molar-refractivity contribution is 5.80. The van der Waals surface area contributed by atoms with Gasteiger partial charge in [0, 0.05) is 12.6 Å². The van der Waals surface area contributed by atoms with Crippen molar-refractivity contribution in [3.8, 4) is 0 Å². The standard InChI is InChI=1S/C21H32N2O6/c1-14(17(24)25)12-21(5,18(26)27)22-13-16(11-15-9-7-6-8-10-15)23-19(28)29-20(2,3)4/h6-10,14,16,22H,11-13H2,1-5H3,(H,23,28)(H,24,25)(H,26,27)/t14?,16-,21-/m1/s1. The van der Waals surface area contributed by atoms with Crippen LogP contribution in [0.2, 0.25) is 0 Å². The minimum Gasteiger partial charge on any atom is -0.481 e. The van der Waals surface area contributed by atoms with Crippen molar-refractivity contribution in [1.29, 1.82) is 0 Å². The van der Waals surface area contributed by atoms with E-state index in [9.17, 15) is 19.5 Å². The van der Waals surface area contributed by atoms with E-state index in [-0.39, 0.29) is 13.0 Å². The average molecular weight is 408 g/mol. The molecule has 0 spiro atoms. The van der Waals surface area contributed by atoms with Gasteiger partial charge < -0.3 is 25.6 Å². The van der Waals surface area contributed by atoms with Crippen LogP contribution in [0, 0.1) is 5.92 Å². The van der Waals surface area contributed by atoms with E-state index < -0.39 is 41.1 Å². The molecule has 1 aromatic rings. The molecule has 0 aliphatic rings. The molecule has 8 nitrogen and oxygen atoms in total. The smallest absolute Gasteiger partial charge is 0.407 e. The van der Waals surface area contributed by atoms with Gasteiger partial charge in [0.05, 0.1) is 5.92 Å². The van der Waals surface area contributed by atoms with E-state index in [2.05, 4.69) is 10.6 Å². The summed E-state index contributed by atoms with van der Waals surface area (Å²) in [4.78, 5) is 35.2. The van der Waals surface area contributed by atoms with Gasteiger partial charge in [-0.05, 0) is 46.1 Å². The number of carbonyl (C=O) groups excluding carboxylic acids is 1. The lowest BCUT2D eigenvalue weighted by atomic mass is 9.89. The number of carboxylic acids is 2. The lowest BCUT2D eigenvalue weighted by Crippen LogP contribution is -2.56. The van der Waals surface area contributed by atoms with Gasteiger partial charge in [0.2, 0.25) is 0 Å². The Kier molecular flexibility index (Phi) is 8.63. The molecule has 0 saturated carbocycles. The SMILES string of the molecule is CC(C[C@@](C)(NC[C@@H](Cc1ccccc1)NC(=O)OC(C)(C)C)C(=O)O)C(=O)O. The maximum atomic E-state index is 12.2. The number of carbonyl (C=O) groups is 3. The second-order valence-corrected chi connectivity index (χ2v) is 8.49. The molecule has 4 N–H and O–H groups in total. The van der Waals surface area contributed by atoms with Crippen LogP contribution in [0.25, 0.3) is 0 Å². The van der Waals surface area contributed by atoms with Crippen LogP contribution in [-0.4, -0.2) is 52.0 Å². The van der Waals surface area contributed by atoms with E-state index >= 15 is 0 Å². The van der Waals surface area contributed by atoms with Gasteiger partial charge in [0.25, 0.3) is 0 Å². The van der Waals surface area contributed by atoms with Gasteiger partial charge in [0.1, 0.15) is 11.1 Å². The lowest BCUT2D eigenvalue weighted by molar-refractivity contribution is -0.147. The number of benzene rings is 1. The van der Waals surface area contributed by atoms with Crippen molar-refractivity contribution >= 4 is 18.0 Å². The number of amides is 1. The summed E-state index contributed by atoms with van der Waals surface area (Å²) in [5, 5.41) is 24.5. The van der Waals surface area contributed by atoms with E-state index in [0.29, 0.717) is 6.42 Å². The van der Waals surface area contributed by atoms with Crippen LogP contribution in [0.5, 0.6) is 0 Å². The molecule has 0 fully saturated rings. The lowest BCUT2D eigenvalue weighted by Gasteiger charge is -2.31. The number of rotatable bonds is 10. The number of ether oxygens (including phenoxy) is 1. The van der Waals surface area contributed by atoms with Crippen molar-refractivity contribution in [2.75, 3.05) is 6.54 Å². The van der Waals surface area contributed by atoms with Crippen molar-refractivity contribution < 1.29 is 29.3 Å². The van der Waals surface area contributed by atoms with Crippen LogP contribution in [0.4, 0.5) is 4.79 Å². The van der Waals surface area contributed by atoms with Crippen LogP contribution in [0.1, 0.15) is 46.6 Å². The minimum absolute atomic E-state index is 0.0951. The first kappa shape index (κ1) is 24.4. The van der Waals surface area contributed by atoms with Crippen molar-refractivity contribution in [1.82, 2.24) is 10.6 Å². The summed E-state index contributed by atoms with van der Waals surface area (Å²) in [5.41, 5.74) is -1.16. The van der Waals surface area contributed by atoms with Crippen molar-refractivity contribution in [2.24, 2.45) is 5.92 Å². The number of alkyl carbamates (subject to hydrolysis) is 1. The summed E-state index contributed by atoms with van der Waals surface area (Å²) in [5.74, 6) is -3.05. The molecule has 0 bridgehead atoms. The van der Waals surface area contributed by atoms with Crippen LogP contribution < -0.4 is 10.6 Å². The molecule has 0 aliphatic heterocycles. The van der Waals surface area contributed by atoms with E-state index in [1.165, 1.54) is 13.8 Å². The first-order valence-corrected chi connectivity index (χ1v) is 9.57. The Labute approximate surface area is 171 Å². The Bertz CT molecular complexity index is 701. The van der Waals surface area contributed by atoms with Crippen LogP contribution in [0.3, 0.4) is 0 Å². The molecular weight excluding hydrogens is 376 g/mol. The number of hydrogen-bond acceptors (Lipinski definition) is 5. The predicted octanol–water partition coefficient (Wildman–Crippen LogP) is 2.67. The Morgan fingerprint density at radius 2 is 1.66 bits per heavy atom. The highest BCUT2D eigenvalue weighted by Crippen LogP contribution is 2.18. The highest BCUT2D eigenvalue weighted by Gasteiger charge is 2.37. The largest absolute Gasteiger partial charge is 0.481 e. The maximum absolute atomic E-state index is 12.2.